The van der Waals surface area contributed by atoms with Crippen LogP contribution in [0.15, 0.2) is 10.6 Å². The molecule has 1 aliphatic rings. The minimum absolute atomic E-state index is 0.644. The Bertz CT molecular complexity index is 290. The predicted octanol–water partition coefficient (Wildman–Crippen LogP) is 2.48. The topological polar surface area (TPSA) is 38.1 Å². The molecule has 0 aliphatic heterocycles. The van der Waals surface area contributed by atoms with Crippen LogP contribution in [0.25, 0.3) is 0 Å². The van der Waals surface area contributed by atoms with Gasteiger partial charge in [0.05, 0.1) is 6.20 Å². The molecule has 1 aromatic rings. The smallest absolute Gasteiger partial charge is 0.195 e. The molecule has 0 amide bonds. The second-order valence-electron chi connectivity index (χ2n) is 4.24. The summed E-state index contributed by atoms with van der Waals surface area (Å²) in [6.07, 6.45) is 8.08. The van der Waals surface area contributed by atoms with Crippen LogP contribution in [0.5, 0.6) is 0 Å². The molecule has 3 heteroatoms. The molecule has 1 aliphatic carbocycles. The maximum absolute atomic E-state index is 5.76. The fourth-order valence-corrected chi connectivity index (χ4v) is 2.21. The summed E-state index contributed by atoms with van der Waals surface area (Å²) in [4.78, 5) is 4.33. The summed E-state index contributed by atoms with van der Waals surface area (Å²) in [6, 6.07) is 0. The molecule has 1 fully saturated rings. The molecule has 1 N–H and O–H groups in total. The molecule has 0 spiro atoms. The van der Waals surface area contributed by atoms with Gasteiger partial charge in [-0.3, -0.25) is 0 Å². The van der Waals surface area contributed by atoms with Crippen molar-refractivity contribution < 1.29 is 4.42 Å². The Morgan fingerprint density at radius 3 is 3.00 bits per heavy atom. The molecular formula is C12H20N2O. The summed E-state index contributed by atoms with van der Waals surface area (Å²) >= 11 is 0. The van der Waals surface area contributed by atoms with Crippen LogP contribution in [0.3, 0.4) is 0 Å². The molecule has 1 heterocycles. The quantitative estimate of drug-likeness (QED) is 0.755. The molecule has 0 saturated heterocycles. The summed E-state index contributed by atoms with van der Waals surface area (Å²) in [6.45, 7) is 4.08. The predicted molar refractivity (Wildman–Crippen MR) is 60.0 cm³/mol. The third kappa shape index (κ3) is 2.81. The number of rotatable bonds is 5. The maximum atomic E-state index is 5.76. The van der Waals surface area contributed by atoms with Crippen LogP contribution in [-0.2, 0) is 6.42 Å². The first-order valence-corrected chi connectivity index (χ1v) is 6.05. The van der Waals surface area contributed by atoms with Crippen molar-refractivity contribution in [3.8, 4) is 0 Å². The number of likely N-dealkylation sites (N-methyl/N-ethyl adjacent to an activating group) is 1. The molecule has 0 bridgehead atoms. The van der Waals surface area contributed by atoms with Crippen LogP contribution in [0.4, 0.5) is 0 Å². The minimum Gasteiger partial charge on any atom is -0.445 e. The molecule has 0 atom stereocenters. The number of hydrogen-bond donors (Lipinski definition) is 1. The lowest BCUT2D eigenvalue weighted by Crippen LogP contribution is -2.16. The number of hydrogen-bond acceptors (Lipinski definition) is 3. The normalized spacial score (nSPS) is 17.4. The van der Waals surface area contributed by atoms with E-state index in [2.05, 4.69) is 17.2 Å². The van der Waals surface area contributed by atoms with E-state index < -0.39 is 0 Å². The highest BCUT2D eigenvalue weighted by atomic mass is 16.4. The van der Waals surface area contributed by atoms with Gasteiger partial charge in [-0.2, -0.15) is 0 Å². The molecule has 0 unspecified atom stereocenters. The first kappa shape index (κ1) is 10.7. The van der Waals surface area contributed by atoms with Crippen LogP contribution < -0.4 is 5.32 Å². The van der Waals surface area contributed by atoms with E-state index in [9.17, 15) is 0 Å². The molecule has 1 saturated carbocycles. The highest BCUT2D eigenvalue weighted by molar-refractivity contribution is 5.03. The zero-order valence-corrected chi connectivity index (χ0v) is 9.46. The van der Waals surface area contributed by atoms with Crippen molar-refractivity contribution in [1.82, 2.24) is 10.3 Å². The van der Waals surface area contributed by atoms with Crippen molar-refractivity contribution >= 4 is 0 Å². The van der Waals surface area contributed by atoms with Gasteiger partial charge >= 0.3 is 0 Å². The number of oxazole rings is 1. The van der Waals surface area contributed by atoms with Crippen molar-refractivity contribution in [1.29, 1.82) is 0 Å². The van der Waals surface area contributed by atoms with Crippen molar-refractivity contribution in [3.05, 3.63) is 17.8 Å². The van der Waals surface area contributed by atoms with Gasteiger partial charge < -0.3 is 9.73 Å². The lowest BCUT2D eigenvalue weighted by molar-refractivity contribution is 0.421. The van der Waals surface area contributed by atoms with Gasteiger partial charge in [0, 0.05) is 18.9 Å². The number of nitrogens with zero attached hydrogens (tertiary/aromatic N) is 1. The Hall–Kier alpha value is -0.830. The van der Waals surface area contributed by atoms with E-state index in [-0.39, 0.29) is 0 Å². The minimum atomic E-state index is 0.644. The molecule has 3 nitrogen and oxygen atoms in total. The Kier molecular flexibility index (Phi) is 3.78. The molecule has 0 radical (unpaired) electrons. The summed E-state index contributed by atoms with van der Waals surface area (Å²) in [5.41, 5.74) is 0. The SMILES string of the molecule is CCNCCc1ncc(C2CCCC2)o1. The van der Waals surface area contributed by atoms with Gasteiger partial charge in [-0.25, -0.2) is 4.98 Å². The molecule has 84 valence electrons. The lowest BCUT2D eigenvalue weighted by atomic mass is 10.1. The Labute approximate surface area is 91.3 Å². The van der Waals surface area contributed by atoms with E-state index in [4.69, 9.17) is 4.42 Å². The van der Waals surface area contributed by atoms with Crippen LogP contribution >= 0.6 is 0 Å². The largest absolute Gasteiger partial charge is 0.445 e. The van der Waals surface area contributed by atoms with Crippen LogP contribution in [0, 0.1) is 0 Å². The van der Waals surface area contributed by atoms with Crippen molar-refractivity contribution in [2.45, 2.75) is 44.9 Å². The van der Waals surface area contributed by atoms with E-state index in [1.807, 2.05) is 6.20 Å². The molecular weight excluding hydrogens is 188 g/mol. The molecule has 15 heavy (non-hydrogen) atoms. The van der Waals surface area contributed by atoms with Crippen LogP contribution in [0.2, 0.25) is 0 Å². The Morgan fingerprint density at radius 2 is 2.27 bits per heavy atom. The third-order valence-corrected chi connectivity index (χ3v) is 3.09. The van der Waals surface area contributed by atoms with Gasteiger partial charge in [0.25, 0.3) is 0 Å². The van der Waals surface area contributed by atoms with Gasteiger partial charge in [0.1, 0.15) is 5.76 Å². The van der Waals surface area contributed by atoms with Gasteiger partial charge in [0.2, 0.25) is 0 Å². The summed E-state index contributed by atoms with van der Waals surface area (Å²) < 4.78 is 5.76. The Balaban J connectivity index is 1.86. The second kappa shape index (κ2) is 5.31. The van der Waals surface area contributed by atoms with Gasteiger partial charge in [-0.15, -0.1) is 0 Å². The van der Waals surface area contributed by atoms with Crippen molar-refractivity contribution in [3.63, 3.8) is 0 Å². The van der Waals surface area contributed by atoms with Gasteiger partial charge in [0.15, 0.2) is 5.89 Å². The molecule has 0 aromatic carbocycles. The third-order valence-electron chi connectivity index (χ3n) is 3.09. The van der Waals surface area contributed by atoms with E-state index >= 15 is 0 Å². The Morgan fingerprint density at radius 1 is 1.47 bits per heavy atom. The number of aromatic nitrogens is 1. The number of nitrogens with one attached hydrogen (secondary N) is 1. The standard InChI is InChI=1S/C12H20N2O/c1-2-13-8-7-12-14-9-11(15-12)10-5-3-4-6-10/h9-10,13H,2-8H2,1H3. The first-order chi connectivity index (χ1) is 7.40. The van der Waals surface area contributed by atoms with Crippen molar-refractivity contribution in [2.24, 2.45) is 0 Å². The summed E-state index contributed by atoms with van der Waals surface area (Å²) in [7, 11) is 0. The van der Waals surface area contributed by atoms with E-state index in [0.717, 1.165) is 31.2 Å². The van der Waals surface area contributed by atoms with Crippen LogP contribution in [0.1, 0.15) is 50.2 Å². The lowest BCUT2D eigenvalue weighted by Gasteiger charge is -2.02. The fraction of sp³-hybridized carbons (Fsp3) is 0.750. The average molecular weight is 208 g/mol. The second-order valence-corrected chi connectivity index (χ2v) is 4.24. The van der Waals surface area contributed by atoms with E-state index in [1.165, 1.54) is 25.7 Å². The zero-order valence-electron chi connectivity index (χ0n) is 9.46. The molecule has 2 rings (SSSR count). The van der Waals surface area contributed by atoms with Gasteiger partial charge in [-0.05, 0) is 19.4 Å². The highest BCUT2D eigenvalue weighted by Crippen LogP contribution is 2.34. The molecule has 1 aromatic heterocycles. The highest BCUT2D eigenvalue weighted by Gasteiger charge is 2.20. The van der Waals surface area contributed by atoms with E-state index in [0.29, 0.717) is 5.92 Å². The van der Waals surface area contributed by atoms with Gasteiger partial charge in [-0.1, -0.05) is 19.8 Å². The van der Waals surface area contributed by atoms with Crippen LogP contribution in [-0.4, -0.2) is 18.1 Å². The zero-order chi connectivity index (χ0) is 10.5. The van der Waals surface area contributed by atoms with Crippen molar-refractivity contribution in [2.75, 3.05) is 13.1 Å². The van der Waals surface area contributed by atoms with E-state index in [1.54, 1.807) is 0 Å². The fourth-order valence-electron chi connectivity index (χ4n) is 2.21. The average Bonchev–Trinajstić information content (AvgIpc) is 2.87. The maximum Gasteiger partial charge on any atom is 0.195 e. The summed E-state index contributed by atoms with van der Waals surface area (Å²) in [5, 5.41) is 3.28. The first-order valence-electron chi connectivity index (χ1n) is 6.05. The monoisotopic (exact) mass is 208 g/mol. The summed E-state index contributed by atoms with van der Waals surface area (Å²) in [5.74, 6) is 2.64.